The van der Waals surface area contributed by atoms with Crippen molar-refractivity contribution in [1.82, 2.24) is 0 Å². The molecular formula is C13H20S. The number of hydrogen-bond donors (Lipinski definition) is 0. The van der Waals surface area contributed by atoms with Crippen LogP contribution >= 0.6 is 11.8 Å². The lowest BCUT2D eigenvalue weighted by molar-refractivity contribution is 0.801. The van der Waals surface area contributed by atoms with Gasteiger partial charge in [-0.25, -0.2) is 0 Å². The molecule has 1 rings (SSSR count). The lowest BCUT2D eigenvalue weighted by Gasteiger charge is -2.21. The first-order valence-electron chi connectivity index (χ1n) is 5.06. The molecule has 0 aromatic heterocycles. The van der Waals surface area contributed by atoms with Crippen molar-refractivity contribution < 1.29 is 0 Å². The fourth-order valence-corrected chi connectivity index (χ4v) is 2.69. The summed E-state index contributed by atoms with van der Waals surface area (Å²) >= 11 is 1.96. The predicted octanol–water partition coefficient (Wildman–Crippen LogP) is 4.50. The van der Waals surface area contributed by atoms with E-state index in [1.165, 1.54) is 21.6 Å². The summed E-state index contributed by atoms with van der Waals surface area (Å²) in [5, 5.41) is 0. The second-order valence-corrected chi connectivity index (χ2v) is 6.78. The molecule has 0 radical (unpaired) electrons. The summed E-state index contributed by atoms with van der Waals surface area (Å²) in [6.07, 6.45) is 0. The van der Waals surface area contributed by atoms with Crippen LogP contribution in [0.2, 0.25) is 0 Å². The molecule has 0 nitrogen and oxygen atoms in total. The molecule has 0 atom stereocenters. The van der Waals surface area contributed by atoms with Crippen molar-refractivity contribution in [3.8, 4) is 0 Å². The Balaban J connectivity index is 3.09. The average molecular weight is 208 g/mol. The Hall–Kier alpha value is -0.430. The first-order valence-corrected chi connectivity index (χ1v) is 5.88. The molecule has 1 aromatic rings. The standard InChI is InChI=1S/C13H20S/c1-9-7-10(2)12(11(3)8-9)14-13(4,5)6/h7-8H,1-6H3. The van der Waals surface area contributed by atoms with E-state index in [1.807, 2.05) is 11.8 Å². The number of benzene rings is 1. The van der Waals surface area contributed by atoms with Crippen molar-refractivity contribution in [3.63, 3.8) is 0 Å². The van der Waals surface area contributed by atoms with Crippen LogP contribution in [-0.4, -0.2) is 4.75 Å². The fourth-order valence-electron chi connectivity index (χ4n) is 1.63. The Morgan fingerprint density at radius 2 is 1.36 bits per heavy atom. The van der Waals surface area contributed by atoms with E-state index in [0.717, 1.165) is 0 Å². The predicted molar refractivity (Wildman–Crippen MR) is 66.3 cm³/mol. The fraction of sp³-hybridized carbons (Fsp3) is 0.538. The second kappa shape index (κ2) is 3.98. The highest BCUT2D eigenvalue weighted by molar-refractivity contribution is 8.00. The minimum absolute atomic E-state index is 0.296. The minimum Gasteiger partial charge on any atom is -0.120 e. The quantitative estimate of drug-likeness (QED) is 0.612. The van der Waals surface area contributed by atoms with Gasteiger partial charge in [-0.05, 0) is 31.9 Å². The third kappa shape index (κ3) is 3.06. The van der Waals surface area contributed by atoms with Gasteiger partial charge in [0.15, 0.2) is 0 Å². The van der Waals surface area contributed by atoms with Gasteiger partial charge >= 0.3 is 0 Å². The number of hydrogen-bond acceptors (Lipinski definition) is 1. The molecule has 0 unspecified atom stereocenters. The van der Waals surface area contributed by atoms with E-state index in [1.54, 1.807) is 0 Å². The molecule has 0 saturated carbocycles. The monoisotopic (exact) mass is 208 g/mol. The van der Waals surface area contributed by atoms with Crippen LogP contribution in [0.5, 0.6) is 0 Å². The number of thioether (sulfide) groups is 1. The van der Waals surface area contributed by atoms with Crippen LogP contribution in [0, 0.1) is 20.8 Å². The first kappa shape index (κ1) is 11.6. The highest BCUT2D eigenvalue weighted by atomic mass is 32.2. The van der Waals surface area contributed by atoms with E-state index in [2.05, 4.69) is 53.7 Å². The number of rotatable bonds is 1. The van der Waals surface area contributed by atoms with Crippen molar-refractivity contribution in [2.75, 3.05) is 0 Å². The zero-order chi connectivity index (χ0) is 10.9. The molecule has 78 valence electrons. The van der Waals surface area contributed by atoms with Gasteiger partial charge in [0.05, 0.1) is 0 Å². The molecule has 1 aromatic carbocycles. The summed E-state index contributed by atoms with van der Waals surface area (Å²) in [6, 6.07) is 4.53. The Morgan fingerprint density at radius 3 is 1.71 bits per heavy atom. The molecule has 1 heteroatoms. The molecular weight excluding hydrogens is 188 g/mol. The summed E-state index contributed by atoms with van der Waals surface area (Å²) < 4.78 is 0.296. The molecule has 0 N–H and O–H groups in total. The third-order valence-corrected chi connectivity index (χ3v) is 3.47. The second-order valence-electron chi connectivity index (χ2n) is 4.94. The molecule has 0 aliphatic rings. The summed E-state index contributed by atoms with van der Waals surface area (Å²) in [5.41, 5.74) is 4.17. The highest BCUT2D eigenvalue weighted by Crippen LogP contribution is 2.36. The van der Waals surface area contributed by atoms with Crippen molar-refractivity contribution in [2.24, 2.45) is 0 Å². The van der Waals surface area contributed by atoms with Gasteiger partial charge in [-0.2, -0.15) is 0 Å². The first-order chi connectivity index (χ1) is 6.29. The van der Waals surface area contributed by atoms with Crippen molar-refractivity contribution in [1.29, 1.82) is 0 Å². The van der Waals surface area contributed by atoms with Crippen LogP contribution in [0.3, 0.4) is 0 Å². The molecule has 0 aliphatic carbocycles. The normalized spacial score (nSPS) is 11.9. The Morgan fingerprint density at radius 1 is 0.929 bits per heavy atom. The van der Waals surface area contributed by atoms with Gasteiger partial charge in [-0.3, -0.25) is 0 Å². The van der Waals surface area contributed by atoms with Crippen LogP contribution in [-0.2, 0) is 0 Å². The van der Waals surface area contributed by atoms with Gasteiger partial charge in [0.2, 0.25) is 0 Å². The van der Waals surface area contributed by atoms with Crippen LogP contribution in [0.1, 0.15) is 37.5 Å². The third-order valence-electron chi connectivity index (χ3n) is 2.01. The Kier molecular flexibility index (Phi) is 3.31. The molecule has 0 bridgehead atoms. The van der Waals surface area contributed by atoms with E-state index in [4.69, 9.17) is 0 Å². The maximum atomic E-state index is 2.26. The molecule has 0 fully saturated rings. The van der Waals surface area contributed by atoms with Gasteiger partial charge in [0.1, 0.15) is 0 Å². The van der Waals surface area contributed by atoms with Crippen molar-refractivity contribution in [2.45, 2.75) is 51.2 Å². The van der Waals surface area contributed by atoms with E-state index in [9.17, 15) is 0 Å². The van der Waals surface area contributed by atoms with E-state index >= 15 is 0 Å². The lowest BCUT2D eigenvalue weighted by atomic mass is 10.1. The summed E-state index contributed by atoms with van der Waals surface area (Å²) in [7, 11) is 0. The Bertz CT molecular complexity index is 309. The van der Waals surface area contributed by atoms with Crippen LogP contribution in [0.4, 0.5) is 0 Å². The summed E-state index contributed by atoms with van der Waals surface area (Å²) in [4.78, 5) is 1.45. The maximum Gasteiger partial charge on any atom is 0.0136 e. The average Bonchev–Trinajstić information content (AvgIpc) is 1.95. The SMILES string of the molecule is Cc1cc(C)c(SC(C)(C)C)c(C)c1. The van der Waals surface area contributed by atoms with Crippen molar-refractivity contribution >= 4 is 11.8 Å². The van der Waals surface area contributed by atoms with Crippen LogP contribution in [0.15, 0.2) is 17.0 Å². The minimum atomic E-state index is 0.296. The Labute approximate surface area is 92.1 Å². The van der Waals surface area contributed by atoms with Gasteiger partial charge < -0.3 is 0 Å². The van der Waals surface area contributed by atoms with Gasteiger partial charge in [0.25, 0.3) is 0 Å². The molecule has 0 heterocycles. The molecule has 0 saturated heterocycles. The molecule has 0 spiro atoms. The summed E-state index contributed by atoms with van der Waals surface area (Å²) in [6.45, 7) is 13.3. The maximum absolute atomic E-state index is 2.26. The zero-order valence-corrected chi connectivity index (χ0v) is 10.9. The molecule has 0 aliphatic heterocycles. The van der Waals surface area contributed by atoms with E-state index < -0.39 is 0 Å². The zero-order valence-electron chi connectivity index (χ0n) is 10.1. The van der Waals surface area contributed by atoms with E-state index in [-0.39, 0.29) is 0 Å². The summed E-state index contributed by atoms with van der Waals surface area (Å²) in [5.74, 6) is 0. The van der Waals surface area contributed by atoms with E-state index in [0.29, 0.717) is 4.75 Å². The molecule has 0 amide bonds. The van der Waals surface area contributed by atoms with Crippen LogP contribution in [0.25, 0.3) is 0 Å². The number of aryl methyl sites for hydroxylation is 3. The highest BCUT2D eigenvalue weighted by Gasteiger charge is 2.15. The van der Waals surface area contributed by atoms with Gasteiger partial charge in [0, 0.05) is 9.64 Å². The largest absolute Gasteiger partial charge is 0.120 e. The lowest BCUT2D eigenvalue weighted by Crippen LogP contribution is -2.08. The molecule has 14 heavy (non-hydrogen) atoms. The van der Waals surface area contributed by atoms with Crippen molar-refractivity contribution in [3.05, 3.63) is 28.8 Å². The van der Waals surface area contributed by atoms with Crippen LogP contribution < -0.4 is 0 Å². The van der Waals surface area contributed by atoms with Gasteiger partial charge in [-0.15, -0.1) is 11.8 Å². The van der Waals surface area contributed by atoms with Gasteiger partial charge in [-0.1, -0.05) is 38.5 Å². The topological polar surface area (TPSA) is 0 Å². The smallest absolute Gasteiger partial charge is 0.0136 e.